The van der Waals surface area contributed by atoms with Gasteiger partial charge >= 0.3 is 0 Å². The molecule has 31 heavy (non-hydrogen) atoms. The van der Waals surface area contributed by atoms with E-state index in [4.69, 9.17) is 5.10 Å². The summed E-state index contributed by atoms with van der Waals surface area (Å²) in [6.07, 6.45) is 5.20. The van der Waals surface area contributed by atoms with Crippen LogP contribution in [0.4, 0.5) is 14.6 Å². The first-order chi connectivity index (χ1) is 14.7. The number of carbonyl (C=O) groups excluding carboxylic acids is 1. The van der Waals surface area contributed by atoms with Gasteiger partial charge in [0.2, 0.25) is 5.13 Å². The fourth-order valence-electron chi connectivity index (χ4n) is 3.09. The van der Waals surface area contributed by atoms with Crippen molar-refractivity contribution in [2.24, 2.45) is 0 Å². The molecule has 0 unspecified atom stereocenters. The first-order valence-corrected chi connectivity index (χ1v) is 10.3. The molecule has 1 N–H and O–H groups in total. The van der Waals surface area contributed by atoms with Crippen molar-refractivity contribution in [3.8, 4) is 16.3 Å². The SMILES string of the molecule is CC(C)(C)c1nn(-c2nccs2)cc1-c1ccc(NC(=O)c2c(F)cccc2F)nc1. The number of thiazole rings is 1. The van der Waals surface area contributed by atoms with Gasteiger partial charge in [-0.15, -0.1) is 11.3 Å². The predicted octanol–water partition coefficient (Wildman–Crippen LogP) is 5.22. The van der Waals surface area contributed by atoms with E-state index in [9.17, 15) is 13.6 Å². The summed E-state index contributed by atoms with van der Waals surface area (Å²) in [4.78, 5) is 20.8. The Morgan fingerprint density at radius 1 is 1.10 bits per heavy atom. The van der Waals surface area contributed by atoms with Crippen molar-refractivity contribution in [2.45, 2.75) is 26.2 Å². The number of anilines is 1. The molecule has 9 heteroatoms. The summed E-state index contributed by atoms with van der Waals surface area (Å²) in [5, 5.41) is 9.78. The van der Waals surface area contributed by atoms with Gasteiger partial charge < -0.3 is 5.32 Å². The van der Waals surface area contributed by atoms with Crippen LogP contribution in [0, 0.1) is 11.6 Å². The summed E-state index contributed by atoms with van der Waals surface area (Å²) >= 11 is 1.48. The summed E-state index contributed by atoms with van der Waals surface area (Å²) in [7, 11) is 0. The number of pyridine rings is 1. The molecule has 0 bridgehead atoms. The Morgan fingerprint density at radius 2 is 1.84 bits per heavy atom. The molecule has 3 heterocycles. The molecule has 0 aliphatic carbocycles. The zero-order chi connectivity index (χ0) is 22.2. The fourth-order valence-corrected chi connectivity index (χ4v) is 3.65. The van der Waals surface area contributed by atoms with Crippen molar-refractivity contribution >= 4 is 23.1 Å². The van der Waals surface area contributed by atoms with Crippen LogP contribution in [0.5, 0.6) is 0 Å². The van der Waals surface area contributed by atoms with Crippen LogP contribution in [0.15, 0.2) is 54.3 Å². The van der Waals surface area contributed by atoms with Crippen LogP contribution >= 0.6 is 11.3 Å². The van der Waals surface area contributed by atoms with Crippen LogP contribution in [0.2, 0.25) is 0 Å². The van der Waals surface area contributed by atoms with E-state index in [1.54, 1.807) is 29.2 Å². The number of rotatable bonds is 4. The van der Waals surface area contributed by atoms with Gasteiger partial charge in [-0.05, 0) is 24.3 Å². The number of carbonyl (C=O) groups is 1. The Morgan fingerprint density at radius 3 is 2.42 bits per heavy atom. The van der Waals surface area contributed by atoms with Crippen LogP contribution in [0.3, 0.4) is 0 Å². The lowest BCUT2D eigenvalue weighted by atomic mass is 9.88. The number of amides is 1. The van der Waals surface area contributed by atoms with Crippen molar-refractivity contribution < 1.29 is 13.6 Å². The van der Waals surface area contributed by atoms with Crippen molar-refractivity contribution in [1.29, 1.82) is 0 Å². The zero-order valence-electron chi connectivity index (χ0n) is 17.1. The minimum Gasteiger partial charge on any atom is -0.306 e. The van der Waals surface area contributed by atoms with Gasteiger partial charge in [-0.1, -0.05) is 26.8 Å². The smallest absolute Gasteiger partial charge is 0.262 e. The minimum atomic E-state index is -0.932. The molecule has 1 amide bonds. The van der Waals surface area contributed by atoms with Crippen LogP contribution < -0.4 is 5.32 Å². The summed E-state index contributed by atoms with van der Waals surface area (Å²) in [5.41, 5.74) is 1.67. The molecule has 0 aliphatic rings. The maximum Gasteiger partial charge on any atom is 0.262 e. The van der Waals surface area contributed by atoms with Crippen molar-refractivity contribution in [3.05, 3.63) is 77.2 Å². The highest BCUT2D eigenvalue weighted by Gasteiger charge is 2.24. The molecule has 0 atom stereocenters. The third-order valence-electron chi connectivity index (χ3n) is 4.55. The van der Waals surface area contributed by atoms with E-state index < -0.39 is 23.1 Å². The van der Waals surface area contributed by atoms with Gasteiger partial charge in [-0.25, -0.2) is 23.4 Å². The molecule has 4 rings (SSSR count). The third kappa shape index (κ3) is 4.22. The monoisotopic (exact) mass is 439 g/mol. The quantitative estimate of drug-likeness (QED) is 0.473. The molecule has 4 aromatic rings. The topological polar surface area (TPSA) is 72.7 Å². The molecule has 0 aliphatic heterocycles. The number of halogens is 2. The summed E-state index contributed by atoms with van der Waals surface area (Å²) in [5.74, 6) is -2.58. The molecule has 3 aromatic heterocycles. The van der Waals surface area contributed by atoms with Gasteiger partial charge in [0.15, 0.2) is 0 Å². The van der Waals surface area contributed by atoms with E-state index in [0.29, 0.717) is 0 Å². The maximum atomic E-state index is 13.8. The highest BCUT2D eigenvalue weighted by Crippen LogP contribution is 2.33. The van der Waals surface area contributed by atoms with Gasteiger partial charge in [0.05, 0.1) is 5.69 Å². The second-order valence-corrected chi connectivity index (χ2v) is 8.76. The minimum absolute atomic E-state index is 0.182. The van der Waals surface area contributed by atoms with Gasteiger partial charge in [-0.3, -0.25) is 4.79 Å². The van der Waals surface area contributed by atoms with E-state index in [1.165, 1.54) is 17.4 Å². The second-order valence-electron chi connectivity index (χ2n) is 7.88. The Labute approximate surface area is 181 Å². The van der Waals surface area contributed by atoms with Crippen LogP contribution in [0.25, 0.3) is 16.3 Å². The molecule has 158 valence electrons. The Balaban J connectivity index is 1.63. The van der Waals surface area contributed by atoms with Crippen LogP contribution in [0.1, 0.15) is 36.8 Å². The number of aromatic nitrogens is 4. The largest absolute Gasteiger partial charge is 0.306 e. The van der Waals surface area contributed by atoms with Crippen LogP contribution in [-0.4, -0.2) is 25.7 Å². The van der Waals surface area contributed by atoms with Crippen molar-refractivity contribution in [1.82, 2.24) is 19.7 Å². The zero-order valence-corrected chi connectivity index (χ0v) is 17.9. The van der Waals surface area contributed by atoms with Gasteiger partial charge in [0.1, 0.15) is 23.0 Å². The lowest BCUT2D eigenvalue weighted by Crippen LogP contribution is -2.16. The molecular weight excluding hydrogens is 420 g/mol. The molecule has 0 radical (unpaired) electrons. The molecule has 0 spiro atoms. The number of hydrogen-bond acceptors (Lipinski definition) is 5. The van der Waals surface area contributed by atoms with Gasteiger partial charge in [0, 0.05) is 40.5 Å². The first kappa shape index (κ1) is 20.8. The first-order valence-electron chi connectivity index (χ1n) is 9.46. The predicted molar refractivity (Wildman–Crippen MR) is 115 cm³/mol. The van der Waals surface area contributed by atoms with Gasteiger partial charge in [0.25, 0.3) is 5.91 Å². The molecular formula is C22H19F2N5OS. The summed E-state index contributed by atoms with van der Waals surface area (Å²) < 4.78 is 29.4. The summed E-state index contributed by atoms with van der Waals surface area (Å²) in [6.45, 7) is 6.20. The number of nitrogens with zero attached hydrogens (tertiary/aromatic N) is 4. The van der Waals surface area contributed by atoms with E-state index in [1.807, 2.05) is 11.6 Å². The van der Waals surface area contributed by atoms with E-state index in [0.717, 1.165) is 34.1 Å². The maximum absolute atomic E-state index is 13.8. The fraction of sp³-hybridized carbons (Fsp3) is 0.182. The Hall–Kier alpha value is -3.46. The van der Waals surface area contributed by atoms with E-state index in [2.05, 4.69) is 36.1 Å². The number of benzene rings is 1. The number of hydrogen-bond donors (Lipinski definition) is 1. The summed E-state index contributed by atoms with van der Waals surface area (Å²) in [6, 6.07) is 6.62. The molecule has 0 saturated carbocycles. The van der Waals surface area contributed by atoms with Crippen molar-refractivity contribution in [2.75, 3.05) is 5.32 Å². The van der Waals surface area contributed by atoms with E-state index in [-0.39, 0.29) is 11.2 Å². The molecule has 6 nitrogen and oxygen atoms in total. The average molecular weight is 439 g/mol. The highest BCUT2D eigenvalue weighted by molar-refractivity contribution is 7.12. The Bertz CT molecular complexity index is 1210. The van der Waals surface area contributed by atoms with Crippen LogP contribution in [-0.2, 0) is 5.41 Å². The van der Waals surface area contributed by atoms with Crippen molar-refractivity contribution in [3.63, 3.8) is 0 Å². The lowest BCUT2D eigenvalue weighted by molar-refractivity contribution is 0.101. The number of nitrogens with one attached hydrogen (secondary N) is 1. The van der Waals surface area contributed by atoms with E-state index >= 15 is 0 Å². The molecule has 1 aromatic carbocycles. The average Bonchev–Trinajstić information content (AvgIpc) is 3.38. The highest BCUT2D eigenvalue weighted by atomic mass is 32.1. The molecule has 0 fully saturated rings. The second kappa shape index (κ2) is 7.99. The standard InChI is InChI=1S/C22H19F2N5OS/c1-22(2,3)19-14(12-29(28-19)21-25-9-10-31-21)13-7-8-17(26-11-13)27-20(30)18-15(23)5-4-6-16(18)24/h4-12H,1-3H3,(H,26,27,30). The van der Waals surface area contributed by atoms with Gasteiger partial charge in [-0.2, -0.15) is 5.10 Å². The molecule has 0 saturated heterocycles. The Kier molecular flexibility index (Phi) is 5.36. The lowest BCUT2D eigenvalue weighted by Gasteiger charge is -2.17. The normalized spacial score (nSPS) is 11.5. The third-order valence-corrected chi connectivity index (χ3v) is 5.31.